The van der Waals surface area contributed by atoms with Crippen LogP contribution in [0.2, 0.25) is 0 Å². The SMILES string of the molecule is CC1=C(O)NCN=C1Cn1cc(C(=O)NCCO)c2ncccc21. The van der Waals surface area contributed by atoms with E-state index >= 15 is 0 Å². The second kappa shape index (κ2) is 6.71. The van der Waals surface area contributed by atoms with Gasteiger partial charge in [-0.3, -0.25) is 14.8 Å². The van der Waals surface area contributed by atoms with Gasteiger partial charge in [-0.25, -0.2) is 0 Å². The largest absolute Gasteiger partial charge is 0.495 e. The van der Waals surface area contributed by atoms with E-state index in [9.17, 15) is 9.90 Å². The Morgan fingerprint density at radius 3 is 3.12 bits per heavy atom. The molecule has 8 nitrogen and oxygen atoms in total. The molecule has 24 heavy (non-hydrogen) atoms. The molecule has 0 spiro atoms. The third-order valence-electron chi connectivity index (χ3n) is 3.90. The van der Waals surface area contributed by atoms with Crippen molar-refractivity contribution in [1.82, 2.24) is 20.2 Å². The van der Waals surface area contributed by atoms with Crippen molar-refractivity contribution in [3.8, 4) is 0 Å². The van der Waals surface area contributed by atoms with E-state index in [1.54, 1.807) is 25.4 Å². The summed E-state index contributed by atoms with van der Waals surface area (Å²) in [5, 5.41) is 24.1. The number of nitrogens with zero attached hydrogens (tertiary/aromatic N) is 3. The summed E-state index contributed by atoms with van der Waals surface area (Å²) >= 11 is 0. The van der Waals surface area contributed by atoms with Gasteiger partial charge in [-0.2, -0.15) is 0 Å². The Bertz CT molecular complexity index is 837. The number of carbonyl (C=O) groups is 1. The molecule has 4 N–H and O–H groups in total. The molecule has 0 bridgehead atoms. The molecule has 1 aliphatic heterocycles. The molecule has 0 fully saturated rings. The van der Waals surface area contributed by atoms with Gasteiger partial charge in [0.15, 0.2) is 5.88 Å². The molecule has 0 saturated carbocycles. The summed E-state index contributed by atoms with van der Waals surface area (Å²) in [4.78, 5) is 21.0. The van der Waals surface area contributed by atoms with Crippen molar-refractivity contribution in [3.63, 3.8) is 0 Å². The van der Waals surface area contributed by atoms with Crippen LogP contribution in [0.4, 0.5) is 0 Å². The molecule has 0 radical (unpaired) electrons. The number of fused-ring (bicyclic) bond motifs is 1. The summed E-state index contributed by atoms with van der Waals surface area (Å²) in [5.74, 6) is -0.163. The van der Waals surface area contributed by atoms with E-state index in [1.807, 2.05) is 10.6 Å². The molecule has 2 aromatic heterocycles. The zero-order valence-corrected chi connectivity index (χ0v) is 13.3. The summed E-state index contributed by atoms with van der Waals surface area (Å²) in [7, 11) is 0. The summed E-state index contributed by atoms with van der Waals surface area (Å²) in [6.07, 6.45) is 3.35. The summed E-state index contributed by atoms with van der Waals surface area (Å²) in [6, 6.07) is 3.68. The van der Waals surface area contributed by atoms with E-state index in [2.05, 4.69) is 20.6 Å². The Morgan fingerprint density at radius 2 is 2.33 bits per heavy atom. The highest BCUT2D eigenvalue weighted by atomic mass is 16.3. The van der Waals surface area contributed by atoms with Crippen LogP contribution in [0.15, 0.2) is 41.0 Å². The highest BCUT2D eigenvalue weighted by Gasteiger charge is 2.19. The standard InChI is InChI=1S/C16H19N5O3/c1-10-12(19-9-20-15(10)23)8-21-7-11(16(24)18-5-6-22)14-13(21)3-2-4-17-14/h2-4,7,20,22-23H,5-6,8-9H2,1H3,(H,18,24). The highest BCUT2D eigenvalue weighted by Crippen LogP contribution is 2.20. The maximum Gasteiger partial charge on any atom is 0.255 e. The van der Waals surface area contributed by atoms with Gasteiger partial charge in [0, 0.05) is 24.5 Å². The van der Waals surface area contributed by atoms with Crippen LogP contribution in [0.1, 0.15) is 17.3 Å². The normalized spacial score (nSPS) is 14.5. The maximum absolute atomic E-state index is 12.3. The average molecular weight is 329 g/mol. The number of allylic oxidation sites excluding steroid dienone is 1. The predicted octanol–water partition coefficient (Wildman–Crippen LogP) is 0.550. The number of pyridine rings is 1. The van der Waals surface area contributed by atoms with Gasteiger partial charge in [-0.05, 0) is 19.1 Å². The minimum Gasteiger partial charge on any atom is -0.495 e. The number of rotatable bonds is 5. The molecule has 0 unspecified atom stereocenters. The Balaban J connectivity index is 1.97. The van der Waals surface area contributed by atoms with Gasteiger partial charge in [0.25, 0.3) is 5.91 Å². The molecular formula is C16H19N5O3. The van der Waals surface area contributed by atoms with E-state index in [0.717, 1.165) is 11.2 Å². The van der Waals surface area contributed by atoms with Crippen molar-refractivity contribution in [3.05, 3.63) is 41.5 Å². The van der Waals surface area contributed by atoms with Gasteiger partial charge in [0.1, 0.15) is 12.2 Å². The monoisotopic (exact) mass is 329 g/mol. The summed E-state index contributed by atoms with van der Waals surface area (Å²) in [6.45, 7) is 2.60. The first kappa shape index (κ1) is 16.0. The molecule has 0 aliphatic carbocycles. The Hall–Kier alpha value is -2.87. The third-order valence-corrected chi connectivity index (χ3v) is 3.90. The second-order valence-electron chi connectivity index (χ2n) is 5.43. The van der Waals surface area contributed by atoms with Crippen molar-refractivity contribution in [2.45, 2.75) is 13.5 Å². The molecule has 0 aromatic carbocycles. The first-order chi connectivity index (χ1) is 11.6. The van der Waals surface area contributed by atoms with E-state index in [4.69, 9.17) is 5.11 Å². The third kappa shape index (κ3) is 2.95. The van der Waals surface area contributed by atoms with Gasteiger partial charge < -0.3 is 25.4 Å². The zero-order valence-electron chi connectivity index (χ0n) is 13.3. The van der Waals surface area contributed by atoms with Crippen LogP contribution >= 0.6 is 0 Å². The number of aliphatic hydroxyl groups excluding tert-OH is 2. The molecule has 3 rings (SSSR count). The number of nitrogens with one attached hydrogen (secondary N) is 2. The van der Waals surface area contributed by atoms with Crippen LogP contribution in [-0.4, -0.2) is 51.2 Å². The fraction of sp³-hybridized carbons (Fsp3) is 0.312. The molecule has 126 valence electrons. The number of carbonyl (C=O) groups excluding carboxylic acids is 1. The second-order valence-corrected chi connectivity index (χ2v) is 5.43. The molecule has 1 amide bonds. The minimum absolute atomic E-state index is 0.120. The first-order valence-corrected chi connectivity index (χ1v) is 7.62. The predicted molar refractivity (Wildman–Crippen MR) is 89.9 cm³/mol. The number of aliphatic hydroxyl groups is 2. The van der Waals surface area contributed by atoms with Crippen LogP contribution in [0.5, 0.6) is 0 Å². The lowest BCUT2D eigenvalue weighted by atomic mass is 10.1. The average Bonchev–Trinajstić information content (AvgIpc) is 2.96. The van der Waals surface area contributed by atoms with Crippen LogP contribution in [0, 0.1) is 0 Å². The van der Waals surface area contributed by atoms with E-state index in [0.29, 0.717) is 29.9 Å². The van der Waals surface area contributed by atoms with Crippen molar-refractivity contribution in [2.24, 2.45) is 4.99 Å². The van der Waals surface area contributed by atoms with Gasteiger partial charge in [-0.1, -0.05) is 0 Å². The van der Waals surface area contributed by atoms with Crippen molar-refractivity contribution < 1.29 is 15.0 Å². The zero-order chi connectivity index (χ0) is 17.1. The topological polar surface area (TPSA) is 112 Å². The fourth-order valence-electron chi connectivity index (χ4n) is 2.61. The number of hydrogen-bond donors (Lipinski definition) is 4. The maximum atomic E-state index is 12.3. The first-order valence-electron chi connectivity index (χ1n) is 7.62. The number of aliphatic imine (C=N–C) groups is 1. The number of hydrogen-bond acceptors (Lipinski definition) is 6. The van der Waals surface area contributed by atoms with Crippen LogP contribution in [0.25, 0.3) is 11.0 Å². The minimum atomic E-state index is -0.283. The molecule has 3 heterocycles. The Kier molecular flexibility index (Phi) is 4.48. The number of aromatic nitrogens is 2. The van der Waals surface area contributed by atoms with Gasteiger partial charge >= 0.3 is 0 Å². The van der Waals surface area contributed by atoms with E-state index in [-0.39, 0.29) is 24.9 Å². The highest BCUT2D eigenvalue weighted by molar-refractivity contribution is 6.06. The van der Waals surface area contributed by atoms with Gasteiger partial charge in [-0.15, -0.1) is 0 Å². The van der Waals surface area contributed by atoms with Crippen LogP contribution in [0.3, 0.4) is 0 Å². The fourth-order valence-corrected chi connectivity index (χ4v) is 2.61. The quantitative estimate of drug-likeness (QED) is 0.640. The van der Waals surface area contributed by atoms with Gasteiger partial charge in [0.05, 0.1) is 29.9 Å². The van der Waals surface area contributed by atoms with Crippen LogP contribution < -0.4 is 10.6 Å². The van der Waals surface area contributed by atoms with E-state index in [1.165, 1.54) is 0 Å². The molecule has 8 heteroatoms. The number of amides is 1. The lowest BCUT2D eigenvalue weighted by Gasteiger charge is -2.17. The molecule has 2 aromatic rings. The van der Waals surface area contributed by atoms with Crippen molar-refractivity contribution in [2.75, 3.05) is 19.8 Å². The van der Waals surface area contributed by atoms with Gasteiger partial charge in [0.2, 0.25) is 0 Å². The smallest absolute Gasteiger partial charge is 0.255 e. The lowest BCUT2D eigenvalue weighted by Crippen LogP contribution is -2.27. The Morgan fingerprint density at radius 1 is 1.50 bits per heavy atom. The van der Waals surface area contributed by atoms with Crippen molar-refractivity contribution in [1.29, 1.82) is 0 Å². The molecule has 1 aliphatic rings. The van der Waals surface area contributed by atoms with Crippen LogP contribution in [-0.2, 0) is 6.54 Å². The molecular weight excluding hydrogens is 310 g/mol. The lowest BCUT2D eigenvalue weighted by molar-refractivity contribution is 0.0946. The Labute approximate surface area is 138 Å². The van der Waals surface area contributed by atoms with E-state index < -0.39 is 0 Å². The summed E-state index contributed by atoms with van der Waals surface area (Å²) < 4.78 is 1.89. The molecule has 0 atom stereocenters. The van der Waals surface area contributed by atoms with Crippen molar-refractivity contribution >= 4 is 22.7 Å². The summed E-state index contributed by atoms with van der Waals surface area (Å²) in [5.41, 5.74) is 3.26. The molecule has 0 saturated heterocycles.